The molecule has 2 aromatic carbocycles. The van der Waals surface area contributed by atoms with Gasteiger partial charge in [-0.15, -0.1) is 11.3 Å². The normalized spacial score (nSPS) is 14.8. The Balaban J connectivity index is 1.61. The highest BCUT2D eigenvalue weighted by Gasteiger charge is 2.32. The van der Waals surface area contributed by atoms with E-state index in [-0.39, 0.29) is 18.1 Å². The molecule has 2 heterocycles. The van der Waals surface area contributed by atoms with Gasteiger partial charge in [0.1, 0.15) is 16.6 Å². The molecular formula is C20H14F3N3OS. The minimum Gasteiger partial charge on any atom is -0.510 e. The number of para-hydroxylation sites is 1. The predicted octanol–water partition coefficient (Wildman–Crippen LogP) is 5.60. The Labute approximate surface area is 162 Å². The Morgan fingerprint density at radius 1 is 1.04 bits per heavy atom. The van der Waals surface area contributed by atoms with Crippen LogP contribution < -0.4 is 4.90 Å². The van der Waals surface area contributed by atoms with Crippen molar-refractivity contribution in [2.24, 2.45) is 0 Å². The van der Waals surface area contributed by atoms with Crippen LogP contribution in [0.2, 0.25) is 0 Å². The Kier molecular flexibility index (Phi) is 4.43. The van der Waals surface area contributed by atoms with Crippen molar-refractivity contribution in [3.8, 4) is 11.3 Å². The summed E-state index contributed by atoms with van der Waals surface area (Å²) in [5, 5.41) is 21.0. The van der Waals surface area contributed by atoms with Crippen LogP contribution >= 0.6 is 11.3 Å². The minimum atomic E-state index is -4.39. The Morgan fingerprint density at radius 2 is 1.71 bits per heavy atom. The first-order valence-corrected chi connectivity index (χ1v) is 9.19. The van der Waals surface area contributed by atoms with E-state index >= 15 is 0 Å². The highest BCUT2D eigenvalue weighted by Crippen LogP contribution is 2.35. The van der Waals surface area contributed by atoms with E-state index in [1.54, 1.807) is 10.3 Å². The molecule has 0 radical (unpaired) electrons. The third kappa shape index (κ3) is 3.27. The third-order valence-electron chi connectivity index (χ3n) is 4.40. The molecule has 4 rings (SSSR count). The van der Waals surface area contributed by atoms with Gasteiger partial charge in [-0.25, -0.2) is 4.98 Å². The Hall–Kier alpha value is -3.13. The van der Waals surface area contributed by atoms with Crippen LogP contribution in [0.15, 0.2) is 65.7 Å². The van der Waals surface area contributed by atoms with E-state index in [0.29, 0.717) is 21.8 Å². The van der Waals surface area contributed by atoms with Crippen LogP contribution in [0.4, 0.5) is 18.9 Å². The van der Waals surface area contributed by atoms with Gasteiger partial charge in [-0.3, -0.25) is 5.41 Å². The highest BCUT2D eigenvalue weighted by molar-refractivity contribution is 7.11. The van der Waals surface area contributed by atoms with Gasteiger partial charge in [-0.1, -0.05) is 30.3 Å². The fraction of sp³-hybridized carbons (Fsp3) is 0.100. The average Bonchev–Trinajstić information content (AvgIpc) is 3.26. The van der Waals surface area contributed by atoms with Crippen molar-refractivity contribution in [3.05, 3.63) is 76.3 Å². The van der Waals surface area contributed by atoms with E-state index in [4.69, 9.17) is 5.41 Å². The highest BCUT2D eigenvalue weighted by atomic mass is 32.1. The number of aromatic nitrogens is 1. The quantitative estimate of drug-likeness (QED) is 0.601. The van der Waals surface area contributed by atoms with Crippen LogP contribution in [0, 0.1) is 5.41 Å². The van der Waals surface area contributed by atoms with Gasteiger partial charge in [0.05, 0.1) is 23.4 Å². The Bertz CT molecular complexity index is 1060. The lowest BCUT2D eigenvalue weighted by Gasteiger charge is -2.18. The molecule has 0 unspecified atom stereocenters. The lowest BCUT2D eigenvalue weighted by molar-refractivity contribution is -0.137. The number of amidine groups is 1. The van der Waals surface area contributed by atoms with Crippen molar-refractivity contribution >= 4 is 28.4 Å². The molecule has 4 nitrogen and oxygen atoms in total. The van der Waals surface area contributed by atoms with Crippen molar-refractivity contribution in [2.45, 2.75) is 6.18 Å². The molecular weight excluding hydrogens is 387 g/mol. The summed E-state index contributed by atoms with van der Waals surface area (Å²) in [6.07, 6.45) is -4.39. The van der Waals surface area contributed by atoms with E-state index in [9.17, 15) is 18.3 Å². The molecule has 0 amide bonds. The monoisotopic (exact) mass is 401 g/mol. The number of aliphatic hydroxyl groups excluding tert-OH is 1. The molecule has 0 aliphatic carbocycles. The number of alkyl halides is 3. The van der Waals surface area contributed by atoms with Gasteiger partial charge in [0.2, 0.25) is 0 Å². The van der Waals surface area contributed by atoms with Crippen molar-refractivity contribution < 1.29 is 18.3 Å². The largest absolute Gasteiger partial charge is 0.510 e. The van der Waals surface area contributed by atoms with Gasteiger partial charge < -0.3 is 10.0 Å². The molecule has 0 saturated carbocycles. The summed E-state index contributed by atoms with van der Waals surface area (Å²) in [7, 11) is 0. The summed E-state index contributed by atoms with van der Waals surface area (Å²) >= 11 is 1.24. The molecule has 142 valence electrons. The summed E-state index contributed by atoms with van der Waals surface area (Å²) in [5.41, 5.74) is 1.45. The molecule has 2 N–H and O–H groups in total. The molecule has 0 atom stereocenters. The second-order valence-electron chi connectivity index (χ2n) is 6.21. The summed E-state index contributed by atoms with van der Waals surface area (Å²) < 4.78 is 38.2. The number of hydrogen-bond donors (Lipinski definition) is 2. The third-order valence-corrected chi connectivity index (χ3v) is 5.26. The molecule has 0 saturated heterocycles. The second-order valence-corrected chi connectivity index (χ2v) is 7.06. The SMILES string of the molecule is N=C1C(c2nc(-c3ccc(C(F)(F)F)cc3)cs2)=C(O)CN1c1ccccc1. The molecule has 0 spiro atoms. The standard InChI is InChI=1S/C20H14F3N3OS/c21-20(22,23)13-8-6-12(7-9-13)15-11-28-19(25-15)17-16(27)10-26(18(17)24)14-4-2-1-3-5-14/h1-9,11,24,27H,10H2. The topological polar surface area (TPSA) is 60.2 Å². The van der Waals surface area contributed by atoms with Crippen molar-refractivity contribution in [2.75, 3.05) is 11.4 Å². The Morgan fingerprint density at radius 3 is 2.36 bits per heavy atom. The summed E-state index contributed by atoms with van der Waals surface area (Å²) in [6, 6.07) is 14.0. The number of halogens is 3. The van der Waals surface area contributed by atoms with E-state index in [1.807, 2.05) is 30.3 Å². The number of rotatable bonds is 3. The van der Waals surface area contributed by atoms with Crippen LogP contribution in [0.5, 0.6) is 0 Å². The van der Waals surface area contributed by atoms with Crippen LogP contribution in [0.25, 0.3) is 16.8 Å². The zero-order chi connectivity index (χ0) is 19.9. The average molecular weight is 401 g/mol. The number of nitrogens with zero attached hydrogens (tertiary/aromatic N) is 2. The number of aliphatic hydroxyl groups is 1. The summed E-state index contributed by atoms with van der Waals surface area (Å²) in [5.74, 6) is 0.180. The molecule has 1 aliphatic rings. The van der Waals surface area contributed by atoms with Crippen LogP contribution in [-0.2, 0) is 6.18 Å². The number of thiazole rings is 1. The fourth-order valence-electron chi connectivity index (χ4n) is 2.98. The molecule has 0 fully saturated rings. The van der Waals surface area contributed by atoms with Gasteiger partial charge in [0.25, 0.3) is 0 Å². The smallest absolute Gasteiger partial charge is 0.416 e. The first kappa shape index (κ1) is 18.2. The lowest BCUT2D eigenvalue weighted by Crippen LogP contribution is -2.25. The first-order valence-electron chi connectivity index (χ1n) is 8.32. The van der Waals surface area contributed by atoms with Gasteiger partial charge >= 0.3 is 6.18 Å². The van der Waals surface area contributed by atoms with E-state index in [1.165, 1.54) is 23.5 Å². The zero-order valence-corrected chi connectivity index (χ0v) is 15.2. The van der Waals surface area contributed by atoms with E-state index in [2.05, 4.69) is 4.98 Å². The van der Waals surface area contributed by atoms with Crippen molar-refractivity contribution in [1.82, 2.24) is 4.98 Å². The zero-order valence-electron chi connectivity index (χ0n) is 14.4. The van der Waals surface area contributed by atoms with E-state index in [0.717, 1.165) is 17.8 Å². The summed E-state index contributed by atoms with van der Waals surface area (Å²) in [4.78, 5) is 6.11. The van der Waals surface area contributed by atoms with Gasteiger partial charge in [0, 0.05) is 16.6 Å². The van der Waals surface area contributed by atoms with Crippen LogP contribution in [0.3, 0.4) is 0 Å². The van der Waals surface area contributed by atoms with Crippen molar-refractivity contribution in [3.63, 3.8) is 0 Å². The maximum Gasteiger partial charge on any atom is 0.416 e. The van der Waals surface area contributed by atoms with Crippen molar-refractivity contribution in [1.29, 1.82) is 5.41 Å². The van der Waals surface area contributed by atoms with Crippen LogP contribution in [0.1, 0.15) is 10.6 Å². The number of hydrogen-bond acceptors (Lipinski definition) is 4. The maximum atomic E-state index is 12.7. The minimum absolute atomic E-state index is 0.0437. The van der Waals surface area contributed by atoms with Gasteiger partial charge in [-0.2, -0.15) is 13.2 Å². The summed E-state index contributed by atoms with van der Waals surface area (Å²) in [6.45, 7) is 0.174. The molecule has 28 heavy (non-hydrogen) atoms. The van der Waals surface area contributed by atoms with E-state index < -0.39 is 11.7 Å². The molecule has 1 aromatic heterocycles. The number of anilines is 1. The predicted molar refractivity (Wildman–Crippen MR) is 104 cm³/mol. The molecule has 8 heteroatoms. The molecule has 1 aliphatic heterocycles. The van der Waals surface area contributed by atoms with Gasteiger partial charge in [-0.05, 0) is 24.3 Å². The second kappa shape index (κ2) is 6.79. The van der Waals surface area contributed by atoms with Gasteiger partial charge in [0.15, 0.2) is 0 Å². The first-order chi connectivity index (χ1) is 13.3. The fourth-order valence-corrected chi connectivity index (χ4v) is 3.88. The molecule has 3 aromatic rings. The number of benzene rings is 2. The van der Waals surface area contributed by atoms with Crippen LogP contribution in [-0.4, -0.2) is 22.5 Å². The maximum absolute atomic E-state index is 12.7. The molecule has 0 bridgehead atoms. The lowest BCUT2D eigenvalue weighted by atomic mass is 10.1. The number of nitrogens with one attached hydrogen (secondary N) is 1.